The number of rotatable bonds is 9. The number of fused-ring (bicyclic) bond motifs is 1. The molecule has 0 fully saturated rings. The molecule has 4 rings (SSSR count). The van der Waals surface area contributed by atoms with Crippen LogP contribution in [-0.2, 0) is 19.1 Å². The number of methoxy groups -OCH3 is 1. The minimum Gasteiger partial charge on any atom is -0.491 e. The molecule has 0 radical (unpaired) electrons. The van der Waals surface area contributed by atoms with Crippen LogP contribution in [0.4, 0.5) is 0 Å². The lowest BCUT2D eigenvalue weighted by atomic mass is 9.95. The Morgan fingerprint density at radius 1 is 1.18 bits per heavy atom. The van der Waals surface area contributed by atoms with E-state index < -0.39 is 18.0 Å². The maximum atomic E-state index is 13.9. The molecule has 0 saturated carbocycles. The number of allylic oxidation sites excluding steroid dienone is 1. The summed E-state index contributed by atoms with van der Waals surface area (Å²) in [4.78, 5) is 43.6. The van der Waals surface area contributed by atoms with Crippen molar-refractivity contribution in [3.63, 3.8) is 0 Å². The van der Waals surface area contributed by atoms with Gasteiger partial charge in [0.2, 0.25) is 0 Å². The molecule has 3 aromatic rings. The molecule has 1 aromatic heterocycles. The molecule has 210 valence electrons. The number of ether oxygens (including phenoxy) is 4. The largest absolute Gasteiger partial charge is 0.491 e. The van der Waals surface area contributed by atoms with Crippen molar-refractivity contribution in [2.45, 2.75) is 39.8 Å². The van der Waals surface area contributed by atoms with E-state index in [1.54, 1.807) is 32.1 Å². The summed E-state index contributed by atoms with van der Waals surface area (Å²) in [6, 6.07) is 12.0. The van der Waals surface area contributed by atoms with Crippen LogP contribution in [0.2, 0.25) is 0 Å². The summed E-state index contributed by atoms with van der Waals surface area (Å²) < 4.78 is 24.4. The average molecular weight is 677 g/mol. The van der Waals surface area contributed by atoms with Gasteiger partial charge in [0, 0.05) is 5.56 Å². The summed E-state index contributed by atoms with van der Waals surface area (Å²) >= 11 is 3.35. The first-order chi connectivity index (χ1) is 19.1. The number of benzene rings is 2. The van der Waals surface area contributed by atoms with Gasteiger partial charge in [-0.25, -0.2) is 14.6 Å². The third-order valence-electron chi connectivity index (χ3n) is 5.92. The van der Waals surface area contributed by atoms with Gasteiger partial charge in [0.15, 0.2) is 11.4 Å². The van der Waals surface area contributed by atoms with Gasteiger partial charge in [-0.2, -0.15) is 0 Å². The van der Waals surface area contributed by atoms with E-state index in [2.05, 4.69) is 32.3 Å². The highest BCUT2D eigenvalue weighted by molar-refractivity contribution is 14.1. The minimum absolute atomic E-state index is 0.116. The molecule has 1 atom stereocenters. The van der Waals surface area contributed by atoms with Crippen molar-refractivity contribution >= 4 is 51.9 Å². The number of aromatic nitrogens is 1. The van der Waals surface area contributed by atoms with E-state index in [0.29, 0.717) is 37.7 Å². The van der Waals surface area contributed by atoms with E-state index in [-0.39, 0.29) is 24.9 Å². The van der Waals surface area contributed by atoms with Crippen molar-refractivity contribution in [3.05, 3.63) is 88.1 Å². The Labute approximate surface area is 248 Å². The van der Waals surface area contributed by atoms with Gasteiger partial charge in [0.05, 0.1) is 39.2 Å². The zero-order valence-electron chi connectivity index (χ0n) is 22.7. The lowest BCUT2D eigenvalue weighted by molar-refractivity contribution is -0.143. The Bertz CT molecular complexity index is 1660. The number of hydrogen-bond acceptors (Lipinski definition) is 9. The monoisotopic (exact) mass is 676 g/mol. The fourth-order valence-electron chi connectivity index (χ4n) is 4.22. The Hall–Kier alpha value is -3.45. The van der Waals surface area contributed by atoms with E-state index in [0.717, 1.165) is 9.13 Å². The van der Waals surface area contributed by atoms with Crippen LogP contribution in [0.15, 0.2) is 63.5 Å². The quantitative estimate of drug-likeness (QED) is 0.251. The fourth-order valence-corrected chi connectivity index (χ4v) is 5.97. The van der Waals surface area contributed by atoms with Gasteiger partial charge in [0.1, 0.15) is 17.5 Å². The van der Waals surface area contributed by atoms with E-state index >= 15 is 0 Å². The van der Waals surface area contributed by atoms with E-state index in [1.165, 1.54) is 23.0 Å². The third-order valence-corrected chi connectivity index (χ3v) is 7.75. The Balaban J connectivity index is 1.85. The molecule has 0 saturated heterocycles. The molecule has 0 amide bonds. The van der Waals surface area contributed by atoms with Crippen molar-refractivity contribution in [2.75, 3.05) is 20.3 Å². The van der Waals surface area contributed by atoms with Crippen LogP contribution in [0.5, 0.6) is 11.5 Å². The smallest absolute Gasteiger partial charge is 0.343 e. The average Bonchev–Trinajstić information content (AvgIpc) is 3.21. The Morgan fingerprint density at radius 2 is 1.93 bits per heavy atom. The predicted octanol–water partition coefficient (Wildman–Crippen LogP) is 3.74. The van der Waals surface area contributed by atoms with E-state index in [1.807, 2.05) is 44.2 Å². The second kappa shape index (κ2) is 12.8. The van der Waals surface area contributed by atoms with Gasteiger partial charge in [-0.3, -0.25) is 9.36 Å². The summed E-state index contributed by atoms with van der Waals surface area (Å²) in [5, 5.41) is 0. The van der Waals surface area contributed by atoms with Crippen molar-refractivity contribution in [3.8, 4) is 11.5 Å². The number of carbonyl (C=O) groups is 2. The predicted molar refractivity (Wildman–Crippen MR) is 159 cm³/mol. The van der Waals surface area contributed by atoms with Crippen molar-refractivity contribution in [1.29, 1.82) is 0 Å². The first-order valence-electron chi connectivity index (χ1n) is 12.6. The Morgan fingerprint density at radius 3 is 2.60 bits per heavy atom. The van der Waals surface area contributed by atoms with Crippen molar-refractivity contribution < 1.29 is 28.5 Å². The summed E-state index contributed by atoms with van der Waals surface area (Å²) in [6.07, 6.45) is 1.66. The van der Waals surface area contributed by atoms with Crippen LogP contribution in [0.1, 0.15) is 44.9 Å². The summed E-state index contributed by atoms with van der Waals surface area (Å²) in [5.74, 6) is 0.0969. The molecule has 0 aliphatic carbocycles. The summed E-state index contributed by atoms with van der Waals surface area (Å²) in [6.45, 7) is 7.31. The lowest BCUT2D eigenvalue weighted by Gasteiger charge is -2.26. The highest BCUT2D eigenvalue weighted by Crippen LogP contribution is 2.36. The summed E-state index contributed by atoms with van der Waals surface area (Å²) in [7, 11) is 1.30. The van der Waals surface area contributed by atoms with Gasteiger partial charge in [-0.15, -0.1) is 0 Å². The van der Waals surface area contributed by atoms with Crippen LogP contribution in [0, 0.1) is 3.57 Å². The molecule has 2 aromatic carbocycles. The van der Waals surface area contributed by atoms with Crippen LogP contribution in [-0.4, -0.2) is 42.9 Å². The third kappa shape index (κ3) is 6.30. The lowest BCUT2D eigenvalue weighted by Crippen LogP contribution is -2.40. The molecule has 0 bridgehead atoms. The molecule has 40 heavy (non-hydrogen) atoms. The van der Waals surface area contributed by atoms with Crippen LogP contribution in [0.25, 0.3) is 6.08 Å². The van der Waals surface area contributed by atoms with Gasteiger partial charge in [-0.1, -0.05) is 35.6 Å². The van der Waals surface area contributed by atoms with E-state index in [9.17, 15) is 14.4 Å². The van der Waals surface area contributed by atoms with Crippen molar-refractivity contribution in [2.24, 2.45) is 4.99 Å². The first kappa shape index (κ1) is 29.5. The molecule has 1 aliphatic heterocycles. The second-order valence-corrected chi connectivity index (χ2v) is 11.2. The SMILES string of the molecule is CCOC(=O)C1=C(C)N=c2s/c(=C/c3ccc(OCC(=O)OC)c(I)c3)c(=O)n2[C@@H]1c1ccccc1OC(C)C. The first-order valence-corrected chi connectivity index (χ1v) is 14.5. The second-order valence-electron chi connectivity index (χ2n) is 9.06. The zero-order chi connectivity index (χ0) is 29.0. The fraction of sp³-hybridized carbons (Fsp3) is 0.310. The Kier molecular flexibility index (Phi) is 9.46. The number of esters is 2. The van der Waals surface area contributed by atoms with Gasteiger partial charge < -0.3 is 18.9 Å². The van der Waals surface area contributed by atoms with Crippen LogP contribution in [0.3, 0.4) is 0 Å². The molecule has 11 heteroatoms. The summed E-state index contributed by atoms with van der Waals surface area (Å²) in [5.41, 5.74) is 1.92. The maximum absolute atomic E-state index is 13.9. The molecule has 0 spiro atoms. The van der Waals surface area contributed by atoms with Gasteiger partial charge >= 0.3 is 11.9 Å². The van der Waals surface area contributed by atoms with E-state index in [4.69, 9.17) is 14.2 Å². The number of carbonyl (C=O) groups excluding carboxylic acids is 2. The normalized spacial score (nSPS) is 15.0. The molecule has 0 unspecified atom stereocenters. The highest BCUT2D eigenvalue weighted by atomic mass is 127. The number of para-hydroxylation sites is 1. The maximum Gasteiger partial charge on any atom is 0.343 e. The molecule has 2 heterocycles. The van der Waals surface area contributed by atoms with Crippen LogP contribution >= 0.6 is 33.9 Å². The number of halogens is 1. The standard InChI is InChI=1S/C29H29IN2O7S/c1-6-37-28(35)25-17(4)31-29-32(26(25)19-9-7-8-10-21(19)39-16(2)3)27(34)23(40-29)14-18-11-12-22(20(30)13-18)38-15-24(33)36-5/h7-14,16,26H,6,15H2,1-5H3/b23-14+/t26-/m1/s1. The number of nitrogens with zero attached hydrogens (tertiary/aromatic N) is 2. The van der Waals surface area contributed by atoms with Crippen LogP contribution < -0.4 is 24.4 Å². The zero-order valence-corrected chi connectivity index (χ0v) is 25.7. The van der Waals surface area contributed by atoms with Gasteiger partial charge in [0.25, 0.3) is 5.56 Å². The van der Waals surface area contributed by atoms with Crippen molar-refractivity contribution in [1.82, 2.24) is 4.57 Å². The molecule has 9 nitrogen and oxygen atoms in total. The molecule has 1 aliphatic rings. The number of hydrogen-bond donors (Lipinski definition) is 0. The van der Waals surface area contributed by atoms with Gasteiger partial charge in [-0.05, 0) is 80.1 Å². The number of thiazole rings is 1. The molecular formula is C29H29IN2O7S. The topological polar surface area (TPSA) is 105 Å². The molecule has 0 N–H and O–H groups in total. The molecular weight excluding hydrogens is 647 g/mol. The minimum atomic E-state index is -0.776. The highest BCUT2D eigenvalue weighted by Gasteiger charge is 2.35.